The van der Waals surface area contributed by atoms with Crippen LogP contribution in [-0.2, 0) is 19.2 Å². The fraction of sp³-hybridized carbons (Fsp3) is 0.667. The van der Waals surface area contributed by atoms with E-state index in [-0.39, 0.29) is 19.0 Å². The van der Waals surface area contributed by atoms with Gasteiger partial charge in [-0.15, -0.1) is 0 Å². The van der Waals surface area contributed by atoms with Crippen LogP contribution >= 0.6 is 0 Å². The molecule has 19 heavy (non-hydrogen) atoms. The second-order valence-corrected chi connectivity index (χ2v) is 5.29. The molecule has 104 valence electrons. The summed E-state index contributed by atoms with van der Waals surface area (Å²) in [4.78, 5) is 47.1. The van der Waals surface area contributed by atoms with Gasteiger partial charge in [-0.2, -0.15) is 0 Å². The number of imide groups is 1. The first-order valence-electron chi connectivity index (χ1n) is 6.22. The number of hydrogen-bond acceptors (Lipinski definition) is 4. The van der Waals surface area contributed by atoms with E-state index >= 15 is 0 Å². The van der Waals surface area contributed by atoms with Crippen molar-refractivity contribution < 1.29 is 24.3 Å². The molecule has 1 aliphatic carbocycles. The summed E-state index contributed by atoms with van der Waals surface area (Å²) in [6.45, 7) is 1.54. The fourth-order valence-electron chi connectivity index (χ4n) is 2.87. The minimum atomic E-state index is -0.990. The number of hydrogen-bond donors (Lipinski definition) is 2. The summed E-state index contributed by atoms with van der Waals surface area (Å²) in [7, 11) is 0. The summed E-state index contributed by atoms with van der Waals surface area (Å²) < 4.78 is 0. The van der Waals surface area contributed by atoms with Gasteiger partial charge in [0.05, 0.1) is 11.8 Å². The number of aliphatic carboxylic acids is 1. The van der Waals surface area contributed by atoms with Crippen LogP contribution in [0.2, 0.25) is 0 Å². The number of rotatable bonds is 2. The smallest absolute Gasteiger partial charge is 0.307 e. The number of carboxylic acid groups (broad SMARTS) is 1. The monoisotopic (exact) mass is 268 g/mol. The summed E-state index contributed by atoms with van der Waals surface area (Å²) in [6, 6.07) is 0. The lowest BCUT2D eigenvalue weighted by atomic mass is 9.94. The summed E-state index contributed by atoms with van der Waals surface area (Å²) in [6.07, 6.45) is 0.946. The molecule has 7 heteroatoms. The van der Waals surface area contributed by atoms with E-state index in [1.54, 1.807) is 0 Å². The van der Waals surface area contributed by atoms with Crippen molar-refractivity contribution in [2.24, 2.45) is 17.8 Å². The van der Waals surface area contributed by atoms with Gasteiger partial charge in [-0.05, 0) is 18.8 Å². The summed E-state index contributed by atoms with van der Waals surface area (Å²) in [5, 5.41) is 11.2. The zero-order valence-electron chi connectivity index (χ0n) is 10.6. The Morgan fingerprint density at radius 3 is 2.21 bits per heavy atom. The van der Waals surface area contributed by atoms with Gasteiger partial charge in [0.2, 0.25) is 17.7 Å². The van der Waals surface area contributed by atoms with Gasteiger partial charge < -0.3 is 10.0 Å². The number of carboxylic acids is 1. The van der Waals surface area contributed by atoms with Crippen LogP contribution in [0.15, 0.2) is 0 Å². The zero-order valence-corrected chi connectivity index (χ0v) is 10.6. The van der Waals surface area contributed by atoms with Gasteiger partial charge in [0.15, 0.2) is 0 Å². The van der Waals surface area contributed by atoms with Crippen LogP contribution in [0.4, 0.5) is 0 Å². The minimum Gasteiger partial charge on any atom is -0.481 e. The highest BCUT2D eigenvalue weighted by atomic mass is 16.4. The predicted molar refractivity (Wildman–Crippen MR) is 62.7 cm³/mol. The Morgan fingerprint density at radius 1 is 1.16 bits per heavy atom. The molecule has 1 saturated heterocycles. The maximum Gasteiger partial charge on any atom is 0.307 e. The fourth-order valence-corrected chi connectivity index (χ4v) is 2.87. The highest BCUT2D eigenvalue weighted by molar-refractivity contribution is 6.03. The second kappa shape index (κ2) is 4.99. The Labute approximate surface area is 109 Å². The number of piperazine rings is 1. The second-order valence-electron chi connectivity index (χ2n) is 5.29. The molecule has 3 amide bonds. The third kappa shape index (κ3) is 2.74. The molecule has 7 nitrogen and oxygen atoms in total. The van der Waals surface area contributed by atoms with E-state index in [4.69, 9.17) is 5.11 Å². The highest BCUT2D eigenvalue weighted by Crippen LogP contribution is 2.37. The van der Waals surface area contributed by atoms with Crippen molar-refractivity contribution in [2.45, 2.75) is 19.8 Å². The largest absolute Gasteiger partial charge is 0.481 e. The molecule has 0 aromatic heterocycles. The summed E-state index contributed by atoms with van der Waals surface area (Å²) in [5.74, 6) is -3.64. The van der Waals surface area contributed by atoms with Crippen molar-refractivity contribution in [3.8, 4) is 0 Å². The highest BCUT2D eigenvalue weighted by Gasteiger charge is 2.44. The van der Waals surface area contributed by atoms with Gasteiger partial charge >= 0.3 is 5.97 Å². The quantitative estimate of drug-likeness (QED) is 0.639. The van der Waals surface area contributed by atoms with E-state index in [9.17, 15) is 19.2 Å². The average Bonchev–Trinajstić information content (AvgIpc) is 2.69. The number of carbonyl (C=O) groups is 4. The van der Waals surface area contributed by atoms with Crippen LogP contribution in [0.1, 0.15) is 19.8 Å². The molecular formula is C12H16N2O5. The molecule has 1 unspecified atom stereocenters. The van der Waals surface area contributed by atoms with Crippen LogP contribution in [0.5, 0.6) is 0 Å². The molecule has 2 rings (SSSR count). The van der Waals surface area contributed by atoms with Crippen LogP contribution in [-0.4, -0.2) is 46.8 Å². The average molecular weight is 268 g/mol. The number of nitrogens with zero attached hydrogens (tertiary/aromatic N) is 1. The maximum absolute atomic E-state index is 12.3. The Bertz CT molecular complexity index is 431. The number of nitrogens with one attached hydrogen (secondary N) is 1. The third-order valence-electron chi connectivity index (χ3n) is 3.69. The topological polar surface area (TPSA) is 104 Å². The maximum atomic E-state index is 12.3. The normalized spacial score (nSPS) is 31.2. The Hall–Kier alpha value is -1.92. The van der Waals surface area contributed by atoms with E-state index in [1.165, 1.54) is 0 Å². The first kappa shape index (κ1) is 13.5. The molecule has 2 N–H and O–H groups in total. The summed E-state index contributed by atoms with van der Waals surface area (Å²) >= 11 is 0. The molecular weight excluding hydrogens is 252 g/mol. The van der Waals surface area contributed by atoms with Crippen molar-refractivity contribution in [3.63, 3.8) is 0 Å². The molecule has 0 aromatic rings. The van der Waals surface area contributed by atoms with Crippen molar-refractivity contribution >= 4 is 23.7 Å². The Kier molecular flexibility index (Phi) is 3.55. The van der Waals surface area contributed by atoms with Gasteiger partial charge in [0, 0.05) is 0 Å². The van der Waals surface area contributed by atoms with Crippen molar-refractivity contribution in [3.05, 3.63) is 0 Å². The molecule has 1 heterocycles. The van der Waals surface area contributed by atoms with Gasteiger partial charge in [0.1, 0.15) is 13.1 Å². The van der Waals surface area contributed by atoms with E-state index in [0.717, 1.165) is 4.90 Å². The van der Waals surface area contributed by atoms with Gasteiger partial charge in [-0.1, -0.05) is 6.92 Å². The molecule has 1 saturated carbocycles. The number of carbonyl (C=O) groups excluding carboxylic acids is 3. The molecule has 0 aromatic carbocycles. The Balaban J connectivity index is 2.12. The molecule has 2 fully saturated rings. The van der Waals surface area contributed by atoms with E-state index in [0.29, 0.717) is 12.8 Å². The minimum absolute atomic E-state index is 0.157. The first-order valence-corrected chi connectivity index (χ1v) is 6.22. The van der Waals surface area contributed by atoms with Gasteiger partial charge in [-0.25, -0.2) is 0 Å². The van der Waals surface area contributed by atoms with Gasteiger partial charge in [0.25, 0.3) is 0 Å². The number of amides is 3. The van der Waals surface area contributed by atoms with Gasteiger partial charge in [-0.3, -0.25) is 24.5 Å². The molecule has 0 spiro atoms. The lowest BCUT2D eigenvalue weighted by molar-refractivity contribution is -0.152. The van der Waals surface area contributed by atoms with Crippen molar-refractivity contribution in [2.75, 3.05) is 13.1 Å². The SMILES string of the molecule is CC1C[C@H](C(=O)N2CC(=O)NC(=O)C2)[C@H](C(=O)O)C1. The molecule has 0 radical (unpaired) electrons. The molecule has 3 atom stereocenters. The lowest BCUT2D eigenvalue weighted by Gasteiger charge is -2.29. The third-order valence-corrected chi connectivity index (χ3v) is 3.69. The summed E-state index contributed by atoms with van der Waals surface area (Å²) in [5.41, 5.74) is 0. The van der Waals surface area contributed by atoms with Crippen LogP contribution in [0.25, 0.3) is 0 Å². The van der Waals surface area contributed by atoms with Crippen molar-refractivity contribution in [1.29, 1.82) is 0 Å². The predicted octanol–water partition coefficient (Wildman–Crippen LogP) is -0.782. The van der Waals surface area contributed by atoms with E-state index in [1.807, 2.05) is 6.92 Å². The van der Waals surface area contributed by atoms with Crippen LogP contribution < -0.4 is 5.32 Å². The van der Waals surface area contributed by atoms with Crippen LogP contribution in [0, 0.1) is 17.8 Å². The van der Waals surface area contributed by atoms with Crippen LogP contribution in [0.3, 0.4) is 0 Å². The zero-order chi connectivity index (χ0) is 14.2. The van der Waals surface area contributed by atoms with Crippen molar-refractivity contribution in [1.82, 2.24) is 10.2 Å². The standard InChI is InChI=1S/C12H16N2O5/c1-6-2-7(8(3-6)12(18)19)11(17)14-4-9(15)13-10(16)5-14/h6-8H,2-5H2,1H3,(H,18,19)(H,13,15,16)/t6?,7-,8+/m0/s1. The molecule has 0 bridgehead atoms. The molecule has 2 aliphatic rings. The lowest BCUT2D eigenvalue weighted by Crippen LogP contribution is -2.55. The van der Waals surface area contributed by atoms with E-state index in [2.05, 4.69) is 5.32 Å². The first-order chi connectivity index (χ1) is 8.88. The van der Waals surface area contributed by atoms with E-state index < -0.39 is 35.5 Å². The Morgan fingerprint density at radius 2 is 1.68 bits per heavy atom. The molecule has 1 aliphatic heterocycles.